The first-order valence-corrected chi connectivity index (χ1v) is 5.31. The summed E-state index contributed by atoms with van der Waals surface area (Å²) in [5.74, 6) is 0. The second-order valence-electron chi connectivity index (χ2n) is 3.72. The number of nitrogens with zero attached hydrogens (tertiary/aromatic N) is 1. The Morgan fingerprint density at radius 1 is 1.27 bits per heavy atom. The number of hydrogen-bond acceptors (Lipinski definition) is 4. The standard InChI is InChI=1S/C10H22NO4/c1-4-15-10(14)11(5-7-12,6-8-13)9(2)3/h9,12-13H,4-8H2,1-3H3/q+1. The molecule has 0 saturated heterocycles. The van der Waals surface area contributed by atoms with Crippen molar-refractivity contribution in [3.05, 3.63) is 0 Å². The Balaban J connectivity index is 4.83. The second kappa shape index (κ2) is 6.76. The average Bonchev–Trinajstić information content (AvgIpc) is 2.17. The molecular weight excluding hydrogens is 198 g/mol. The van der Waals surface area contributed by atoms with Crippen LogP contribution in [0, 0.1) is 0 Å². The molecule has 0 aromatic rings. The van der Waals surface area contributed by atoms with Crippen molar-refractivity contribution < 1.29 is 24.2 Å². The molecule has 2 N–H and O–H groups in total. The number of carbonyl (C=O) groups is 1. The van der Waals surface area contributed by atoms with Crippen molar-refractivity contribution in [1.29, 1.82) is 0 Å². The SMILES string of the molecule is CCOC(=O)[N+](CCO)(CCO)C(C)C. The van der Waals surface area contributed by atoms with E-state index in [4.69, 9.17) is 14.9 Å². The van der Waals surface area contributed by atoms with Crippen molar-refractivity contribution >= 4 is 6.09 Å². The number of ether oxygens (including phenoxy) is 1. The minimum Gasteiger partial charge on any atom is -0.420 e. The molecule has 0 aliphatic heterocycles. The van der Waals surface area contributed by atoms with Crippen LogP contribution < -0.4 is 0 Å². The molecule has 0 atom stereocenters. The van der Waals surface area contributed by atoms with Crippen LogP contribution in [0.4, 0.5) is 4.79 Å². The maximum absolute atomic E-state index is 11.8. The second-order valence-corrected chi connectivity index (χ2v) is 3.72. The van der Waals surface area contributed by atoms with Crippen LogP contribution >= 0.6 is 0 Å². The first-order chi connectivity index (χ1) is 7.05. The Kier molecular flexibility index (Phi) is 6.47. The fourth-order valence-electron chi connectivity index (χ4n) is 1.63. The Morgan fingerprint density at radius 3 is 2.00 bits per heavy atom. The number of rotatable bonds is 6. The normalized spacial score (nSPS) is 11.9. The topological polar surface area (TPSA) is 66.8 Å². The van der Waals surface area contributed by atoms with E-state index in [1.165, 1.54) is 0 Å². The lowest BCUT2D eigenvalue weighted by Gasteiger charge is -2.36. The van der Waals surface area contributed by atoms with Crippen LogP contribution in [0.5, 0.6) is 0 Å². The smallest absolute Gasteiger partial charge is 0.420 e. The van der Waals surface area contributed by atoms with Gasteiger partial charge in [0.25, 0.3) is 0 Å². The number of aliphatic hydroxyl groups is 2. The van der Waals surface area contributed by atoms with Crippen LogP contribution in [0.15, 0.2) is 0 Å². The van der Waals surface area contributed by atoms with Crippen molar-refractivity contribution in [2.45, 2.75) is 26.8 Å². The minimum absolute atomic E-state index is 0.0247. The summed E-state index contributed by atoms with van der Waals surface area (Å²) >= 11 is 0. The third-order valence-corrected chi connectivity index (χ3v) is 2.62. The lowest BCUT2D eigenvalue weighted by atomic mass is 10.2. The maximum Gasteiger partial charge on any atom is 0.516 e. The van der Waals surface area contributed by atoms with Crippen LogP contribution in [0.25, 0.3) is 0 Å². The highest BCUT2D eigenvalue weighted by molar-refractivity contribution is 5.59. The third kappa shape index (κ3) is 3.44. The highest BCUT2D eigenvalue weighted by Crippen LogP contribution is 2.15. The molecule has 0 aliphatic rings. The van der Waals surface area contributed by atoms with E-state index in [9.17, 15) is 4.79 Å². The maximum atomic E-state index is 11.8. The molecule has 0 saturated carbocycles. The molecule has 0 radical (unpaired) electrons. The van der Waals surface area contributed by atoms with Gasteiger partial charge in [-0.25, -0.2) is 4.48 Å². The summed E-state index contributed by atoms with van der Waals surface area (Å²) < 4.78 is 4.96. The molecule has 0 rings (SSSR count). The largest absolute Gasteiger partial charge is 0.516 e. The van der Waals surface area contributed by atoms with Crippen molar-refractivity contribution in [2.75, 3.05) is 32.9 Å². The summed E-state index contributed by atoms with van der Waals surface area (Å²) in [7, 11) is 0. The van der Waals surface area contributed by atoms with Gasteiger partial charge in [0.05, 0.1) is 25.9 Å². The summed E-state index contributed by atoms with van der Waals surface area (Å²) in [5, 5.41) is 18.0. The van der Waals surface area contributed by atoms with E-state index in [0.717, 1.165) is 0 Å². The molecule has 0 aromatic carbocycles. The predicted octanol–water partition coefficient (Wildman–Crippen LogP) is 0.353. The van der Waals surface area contributed by atoms with Crippen molar-refractivity contribution in [1.82, 2.24) is 0 Å². The molecule has 1 amide bonds. The molecule has 0 aliphatic carbocycles. The first kappa shape index (κ1) is 14.3. The number of carbonyl (C=O) groups excluding carboxylic acids is 1. The van der Waals surface area contributed by atoms with Gasteiger partial charge in [0.15, 0.2) is 0 Å². The van der Waals surface area contributed by atoms with Crippen molar-refractivity contribution in [3.8, 4) is 0 Å². The Hall–Kier alpha value is -0.650. The summed E-state index contributed by atoms with van der Waals surface area (Å²) in [4.78, 5) is 11.8. The predicted molar refractivity (Wildman–Crippen MR) is 56.3 cm³/mol. The van der Waals surface area contributed by atoms with E-state index in [1.807, 2.05) is 13.8 Å². The van der Waals surface area contributed by atoms with E-state index >= 15 is 0 Å². The molecule has 5 nitrogen and oxygen atoms in total. The van der Waals surface area contributed by atoms with Gasteiger partial charge in [-0.2, -0.15) is 4.79 Å². The molecule has 0 unspecified atom stereocenters. The number of hydrogen-bond donors (Lipinski definition) is 2. The fraction of sp³-hybridized carbons (Fsp3) is 0.900. The Labute approximate surface area is 90.9 Å². The lowest BCUT2D eigenvalue weighted by Crippen LogP contribution is -2.60. The third-order valence-electron chi connectivity index (χ3n) is 2.62. The lowest BCUT2D eigenvalue weighted by molar-refractivity contribution is -0.879. The van der Waals surface area contributed by atoms with Crippen LogP contribution in [-0.4, -0.2) is 59.7 Å². The van der Waals surface area contributed by atoms with Gasteiger partial charge in [0.2, 0.25) is 0 Å². The van der Waals surface area contributed by atoms with Gasteiger partial charge in [-0.3, -0.25) is 0 Å². The van der Waals surface area contributed by atoms with Gasteiger partial charge in [-0.05, 0) is 20.8 Å². The molecule has 0 bridgehead atoms. The molecule has 15 heavy (non-hydrogen) atoms. The molecule has 0 spiro atoms. The summed E-state index contributed by atoms with van der Waals surface area (Å²) in [6.45, 7) is 6.15. The van der Waals surface area contributed by atoms with Gasteiger partial charge >= 0.3 is 6.09 Å². The molecule has 0 fully saturated rings. The monoisotopic (exact) mass is 220 g/mol. The number of amides is 1. The van der Waals surface area contributed by atoms with Crippen molar-refractivity contribution in [3.63, 3.8) is 0 Å². The zero-order chi connectivity index (χ0) is 11.9. The van der Waals surface area contributed by atoms with Crippen molar-refractivity contribution in [2.24, 2.45) is 0 Å². The van der Waals surface area contributed by atoms with Gasteiger partial charge < -0.3 is 14.9 Å². The highest BCUT2D eigenvalue weighted by Gasteiger charge is 2.40. The summed E-state index contributed by atoms with van der Waals surface area (Å²) in [6.07, 6.45) is -0.379. The first-order valence-electron chi connectivity index (χ1n) is 5.31. The number of quaternary nitrogens is 1. The van der Waals surface area contributed by atoms with Gasteiger partial charge in [-0.15, -0.1) is 0 Å². The quantitative estimate of drug-likeness (QED) is 0.634. The van der Waals surface area contributed by atoms with Crippen LogP contribution in [0.3, 0.4) is 0 Å². The summed E-state index contributed by atoms with van der Waals surface area (Å²) in [5.41, 5.74) is 0. The van der Waals surface area contributed by atoms with E-state index in [0.29, 0.717) is 6.61 Å². The average molecular weight is 220 g/mol. The van der Waals surface area contributed by atoms with E-state index in [2.05, 4.69) is 0 Å². The molecule has 5 heteroatoms. The zero-order valence-electron chi connectivity index (χ0n) is 9.77. The van der Waals surface area contributed by atoms with Crippen LogP contribution in [0.2, 0.25) is 0 Å². The Morgan fingerprint density at radius 2 is 1.73 bits per heavy atom. The summed E-state index contributed by atoms with van der Waals surface area (Å²) in [6, 6.07) is -0.0247. The molecule has 0 heterocycles. The zero-order valence-corrected chi connectivity index (χ0v) is 9.77. The van der Waals surface area contributed by atoms with E-state index < -0.39 is 0 Å². The fourth-order valence-corrected chi connectivity index (χ4v) is 1.63. The molecule has 0 aromatic heterocycles. The van der Waals surface area contributed by atoms with Crippen LogP contribution in [0.1, 0.15) is 20.8 Å². The van der Waals surface area contributed by atoms with Crippen LogP contribution in [-0.2, 0) is 4.74 Å². The van der Waals surface area contributed by atoms with Gasteiger partial charge in [0, 0.05) is 0 Å². The highest BCUT2D eigenvalue weighted by atomic mass is 16.6. The minimum atomic E-state index is -0.379. The number of aliphatic hydroxyl groups excluding tert-OH is 2. The van der Waals surface area contributed by atoms with Gasteiger partial charge in [-0.1, -0.05) is 0 Å². The molecule has 90 valence electrons. The van der Waals surface area contributed by atoms with E-state index in [-0.39, 0.29) is 42.9 Å². The molecular formula is C10H22NO4+. The van der Waals surface area contributed by atoms with E-state index in [1.54, 1.807) is 6.92 Å². The van der Waals surface area contributed by atoms with Gasteiger partial charge in [0.1, 0.15) is 13.1 Å². The Bertz CT molecular complexity index is 188.